The molecule has 0 bridgehead atoms. The molecular weight excluding hydrogens is 284 g/mol. The van der Waals surface area contributed by atoms with E-state index in [9.17, 15) is 9.59 Å². The summed E-state index contributed by atoms with van der Waals surface area (Å²) in [4.78, 5) is 22.1. The molecular formula is C14H14N6O2. The summed E-state index contributed by atoms with van der Waals surface area (Å²) in [7, 11) is 0. The zero-order valence-corrected chi connectivity index (χ0v) is 11.8. The molecule has 2 amide bonds. The number of benzene rings is 1. The Kier molecular flexibility index (Phi) is 4.48. The second kappa shape index (κ2) is 6.49. The molecule has 0 saturated carbocycles. The van der Waals surface area contributed by atoms with E-state index in [0.717, 1.165) is 11.3 Å². The highest BCUT2D eigenvalue weighted by Crippen LogP contribution is 2.18. The van der Waals surface area contributed by atoms with Gasteiger partial charge in [-0.05, 0) is 17.7 Å². The number of hydrazone groups is 2. The number of hydrogen-bond donors (Lipinski definition) is 3. The molecule has 22 heavy (non-hydrogen) atoms. The molecule has 0 spiro atoms. The molecule has 1 aromatic carbocycles. The summed E-state index contributed by atoms with van der Waals surface area (Å²) in [5.74, 6) is -0.960. The molecule has 0 radical (unpaired) electrons. The van der Waals surface area contributed by atoms with Crippen LogP contribution in [0.5, 0.6) is 0 Å². The number of amides is 2. The van der Waals surface area contributed by atoms with Crippen molar-refractivity contribution >= 4 is 28.9 Å². The zero-order chi connectivity index (χ0) is 16.1. The number of anilines is 1. The van der Waals surface area contributed by atoms with Crippen molar-refractivity contribution in [3.63, 3.8) is 0 Å². The van der Waals surface area contributed by atoms with Crippen LogP contribution in [0.2, 0.25) is 0 Å². The largest absolute Gasteiger partial charge is 0.364 e. The summed E-state index contributed by atoms with van der Waals surface area (Å²) in [6.07, 6.45) is 0.396. The average Bonchev–Trinajstić information content (AvgIpc) is 2.48. The van der Waals surface area contributed by atoms with Gasteiger partial charge in [0.25, 0.3) is 5.91 Å². The van der Waals surface area contributed by atoms with Gasteiger partial charge in [0.2, 0.25) is 11.6 Å². The maximum atomic E-state index is 11.2. The van der Waals surface area contributed by atoms with Gasteiger partial charge in [0, 0.05) is 12.3 Å². The van der Waals surface area contributed by atoms with Gasteiger partial charge in [-0.1, -0.05) is 19.1 Å². The molecule has 0 fully saturated rings. The predicted molar refractivity (Wildman–Crippen MR) is 80.8 cm³/mol. The number of nitrogens with one attached hydrogen (secondary N) is 2. The summed E-state index contributed by atoms with van der Waals surface area (Å²) in [5, 5.41) is 16.4. The highest BCUT2D eigenvalue weighted by atomic mass is 16.2. The van der Waals surface area contributed by atoms with Crippen molar-refractivity contribution < 1.29 is 9.59 Å². The van der Waals surface area contributed by atoms with Crippen molar-refractivity contribution in [3.05, 3.63) is 29.8 Å². The summed E-state index contributed by atoms with van der Waals surface area (Å²) in [5.41, 5.74) is 11.9. The Morgan fingerprint density at radius 1 is 1.50 bits per heavy atom. The standard InChI is InChI=1S/C14H14N6O2/c1-8-6-12(21)19-20-13(8)9-2-4-10(5-3-9)17-18-11(7-15)14(16)22/h2-5,8,17H,6H2,1H3,(H2,16,22)(H,19,21). The first-order chi connectivity index (χ1) is 10.5. The van der Waals surface area contributed by atoms with Gasteiger partial charge in [-0.3, -0.25) is 15.0 Å². The molecule has 1 aromatic rings. The quantitative estimate of drug-likeness (QED) is 0.545. The van der Waals surface area contributed by atoms with Crippen molar-refractivity contribution in [1.29, 1.82) is 5.26 Å². The fourth-order valence-electron chi connectivity index (χ4n) is 1.97. The molecule has 0 saturated heterocycles. The first kappa shape index (κ1) is 15.2. The Morgan fingerprint density at radius 2 is 2.18 bits per heavy atom. The molecule has 4 N–H and O–H groups in total. The Hall–Kier alpha value is -3.21. The molecule has 8 heteroatoms. The minimum atomic E-state index is -0.896. The van der Waals surface area contributed by atoms with Crippen LogP contribution in [-0.4, -0.2) is 23.2 Å². The first-order valence-electron chi connectivity index (χ1n) is 6.51. The van der Waals surface area contributed by atoms with Crippen LogP contribution < -0.4 is 16.6 Å². The van der Waals surface area contributed by atoms with Crippen LogP contribution >= 0.6 is 0 Å². The third kappa shape index (κ3) is 3.46. The van der Waals surface area contributed by atoms with Crippen molar-refractivity contribution in [2.24, 2.45) is 21.9 Å². The molecule has 2 rings (SSSR count). The van der Waals surface area contributed by atoms with Crippen LogP contribution in [0.1, 0.15) is 18.9 Å². The number of carbonyl (C=O) groups is 2. The van der Waals surface area contributed by atoms with E-state index >= 15 is 0 Å². The topological polar surface area (TPSA) is 133 Å². The second-order valence-corrected chi connectivity index (χ2v) is 4.76. The van der Waals surface area contributed by atoms with Crippen molar-refractivity contribution in [2.75, 3.05) is 5.43 Å². The maximum Gasteiger partial charge on any atom is 0.280 e. The number of rotatable bonds is 4. The molecule has 0 aromatic heterocycles. The van der Waals surface area contributed by atoms with Gasteiger partial charge in [0.15, 0.2) is 0 Å². The number of nitrogens with zero attached hydrogens (tertiary/aromatic N) is 3. The molecule has 8 nitrogen and oxygen atoms in total. The molecule has 1 heterocycles. The number of carbonyl (C=O) groups excluding carboxylic acids is 2. The van der Waals surface area contributed by atoms with Crippen LogP contribution in [0.3, 0.4) is 0 Å². The third-order valence-electron chi connectivity index (χ3n) is 3.08. The Labute approximate surface area is 126 Å². The van der Waals surface area contributed by atoms with E-state index in [1.165, 1.54) is 0 Å². The predicted octanol–water partition coefficient (Wildman–Crippen LogP) is 0.323. The van der Waals surface area contributed by atoms with Gasteiger partial charge < -0.3 is 5.73 Å². The average molecular weight is 298 g/mol. The fraction of sp³-hybridized carbons (Fsp3) is 0.214. The highest BCUT2D eigenvalue weighted by molar-refractivity contribution is 6.44. The van der Waals surface area contributed by atoms with E-state index in [2.05, 4.69) is 21.1 Å². The SMILES string of the molecule is CC1CC(=O)NN=C1c1ccc(NN=C(C#N)C(N)=O)cc1. The van der Waals surface area contributed by atoms with Gasteiger partial charge in [-0.25, -0.2) is 5.43 Å². The monoisotopic (exact) mass is 298 g/mol. The lowest BCUT2D eigenvalue weighted by Crippen LogP contribution is -2.31. The number of nitrogens with two attached hydrogens (primary N) is 1. The minimum absolute atomic E-state index is 0.0330. The van der Waals surface area contributed by atoms with Crippen LogP contribution in [0.15, 0.2) is 34.5 Å². The van der Waals surface area contributed by atoms with Crippen LogP contribution in [-0.2, 0) is 9.59 Å². The Morgan fingerprint density at radius 3 is 2.73 bits per heavy atom. The maximum absolute atomic E-state index is 11.2. The molecule has 0 aliphatic carbocycles. The zero-order valence-electron chi connectivity index (χ0n) is 11.8. The van der Waals surface area contributed by atoms with E-state index in [0.29, 0.717) is 12.1 Å². The van der Waals surface area contributed by atoms with Crippen molar-refractivity contribution in [3.8, 4) is 6.07 Å². The lowest BCUT2D eigenvalue weighted by molar-refractivity contribution is -0.121. The summed E-state index contributed by atoms with van der Waals surface area (Å²) >= 11 is 0. The highest BCUT2D eigenvalue weighted by Gasteiger charge is 2.21. The van der Waals surface area contributed by atoms with E-state index in [1.54, 1.807) is 30.3 Å². The second-order valence-electron chi connectivity index (χ2n) is 4.76. The van der Waals surface area contributed by atoms with E-state index in [-0.39, 0.29) is 11.8 Å². The molecule has 1 atom stereocenters. The fourth-order valence-corrected chi connectivity index (χ4v) is 1.97. The Balaban J connectivity index is 2.13. The third-order valence-corrected chi connectivity index (χ3v) is 3.08. The van der Waals surface area contributed by atoms with Crippen LogP contribution in [0.4, 0.5) is 5.69 Å². The lowest BCUT2D eigenvalue weighted by Gasteiger charge is -2.19. The van der Waals surface area contributed by atoms with Gasteiger partial charge in [-0.2, -0.15) is 15.5 Å². The van der Waals surface area contributed by atoms with E-state index < -0.39 is 11.6 Å². The van der Waals surface area contributed by atoms with E-state index in [1.807, 2.05) is 6.92 Å². The van der Waals surface area contributed by atoms with Gasteiger partial charge in [0.1, 0.15) is 6.07 Å². The molecule has 1 aliphatic heterocycles. The lowest BCUT2D eigenvalue weighted by atomic mass is 9.94. The normalized spacial score (nSPS) is 18.0. The van der Waals surface area contributed by atoms with Crippen LogP contribution in [0.25, 0.3) is 0 Å². The summed E-state index contributed by atoms with van der Waals surface area (Å²) in [6.45, 7) is 1.93. The Bertz CT molecular complexity index is 699. The first-order valence-corrected chi connectivity index (χ1v) is 6.51. The smallest absolute Gasteiger partial charge is 0.280 e. The summed E-state index contributed by atoms with van der Waals surface area (Å²) in [6, 6.07) is 8.66. The minimum Gasteiger partial charge on any atom is -0.364 e. The van der Waals surface area contributed by atoms with Crippen molar-refractivity contribution in [1.82, 2.24) is 5.43 Å². The van der Waals surface area contributed by atoms with Crippen LogP contribution in [0, 0.1) is 17.2 Å². The number of hydrogen-bond acceptors (Lipinski definition) is 6. The number of nitriles is 1. The van der Waals surface area contributed by atoms with Gasteiger partial charge >= 0.3 is 0 Å². The molecule has 1 unspecified atom stereocenters. The van der Waals surface area contributed by atoms with Crippen molar-refractivity contribution in [2.45, 2.75) is 13.3 Å². The van der Waals surface area contributed by atoms with Gasteiger partial charge in [-0.15, -0.1) is 0 Å². The van der Waals surface area contributed by atoms with E-state index in [4.69, 9.17) is 11.0 Å². The molecule has 1 aliphatic rings. The van der Waals surface area contributed by atoms with Gasteiger partial charge in [0.05, 0.1) is 11.4 Å². The number of primary amides is 1. The molecule has 112 valence electrons. The summed E-state index contributed by atoms with van der Waals surface area (Å²) < 4.78 is 0.